The first-order valence-electron chi connectivity index (χ1n) is 7.95. The normalized spacial score (nSPS) is 11.8. The third-order valence-electron chi connectivity index (χ3n) is 4.02. The molecule has 132 valence electrons. The zero-order valence-electron chi connectivity index (χ0n) is 14.0. The molecule has 0 aliphatic carbocycles. The van der Waals surface area contributed by atoms with Crippen molar-refractivity contribution in [3.05, 3.63) is 83.4 Å². The number of aryl methyl sites for hydroxylation is 1. The van der Waals surface area contributed by atoms with E-state index in [-0.39, 0.29) is 5.75 Å². The molecule has 2 nitrogen and oxygen atoms in total. The Hall–Kier alpha value is -3.08. The molecule has 0 bridgehead atoms. The molecule has 0 amide bonds. The van der Waals surface area contributed by atoms with Crippen molar-refractivity contribution < 1.29 is 18.3 Å². The Kier molecular flexibility index (Phi) is 4.80. The molecule has 0 saturated carbocycles. The third-order valence-corrected chi connectivity index (χ3v) is 4.02. The van der Waals surface area contributed by atoms with Crippen LogP contribution in [-0.2, 0) is 6.18 Å². The summed E-state index contributed by atoms with van der Waals surface area (Å²) in [5.74, 6) is 0.0759. The van der Waals surface area contributed by atoms with Gasteiger partial charge in [0.2, 0.25) is 0 Å². The standard InChI is InChI=1S/C21H16F3NO/c1-14-12-17(21(22,23)24)10-11-19(14)25-13-16-8-5-9-18(20(16)26)15-6-3-2-4-7-15/h2-13,26H,1H3/b25-13+. The number of aliphatic imine (C=N–C) groups is 1. The van der Waals surface area contributed by atoms with Gasteiger partial charge in [0.1, 0.15) is 5.75 Å². The Labute approximate surface area is 149 Å². The second kappa shape index (κ2) is 7.04. The second-order valence-electron chi connectivity index (χ2n) is 5.87. The maximum absolute atomic E-state index is 12.7. The molecule has 0 aliphatic heterocycles. The van der Waals surface area contributed by atoms with Gasteiger partial charge in [-0.3, -0.25) is 4.99 Å². The first-order valence-corrected chi connectivity index (χ1v) is 7.95. The number of nitrogens with zero attached hydrogens (tertiary/aromatic N) is 1. The van der Waals surface area contributed by atoms with Gasteiger partial charge < -0.3 is 5.11 Å². The number of hydrogen-bond acceptors (Lipinski definition) is 2. The molecule has 3 aromatic rings. The summed E-state index contributed by atoms with van der Waals surface area (Å²) in [4.78, 5) is 4.24. The van der Waals surface area contributed by atoms with Crippen LogP contribution in [0.2, 0.25) is 0 Å². The summed E-state index contributed by atoms with van der Waals surface area (Å²) >= 11 is 0. The smallest absolute Gasteiger partial charge is 0.416 e. The van der Waals surface area contributed by atoms with Gasteiger partial charge in [-0.2, -0.15) is 13.2 Å². The summed E-state index contributed by atoms with van der Waals surface area (Å²) < 4.78 is 38.2. The average molecular weight is 355 g/mol. The fraction of sp³-hybridized carbons (Fsp3) is 0.0952. The number of hydrogen-bond donors (Lipinski definition) is 1. The minimum atomic E-state index is -4.38. The molecule has 0 aromatic heterocycles. The summed E-state index contributed by atoms with van der Waals surface area (Å²) in [6.07, 6.45) is -2.92. The maximum atomic E-state index is 12.7. The van der Waals surface area contributed by atoms with E-state index in [1.807, 2.05) is 30.3 Å². The van der Waals surface area contributed by atoms with Crippen molar-refractivity contribution in [2.24, 2.45) is 4.99 Å². The Bertz CT molecular complexity index is 947. The second-order valence-corrected chi connectivity index (χ2v) is 5.87. The highest BCUT2D eigenvalue weighted by atomic mass is 19.4. The zero-order chi connectivity index (χ0) is 18.7. The van der Waals surface area contributed by atoms with Crippen molar-refractivity contribution in [2.45, 2.75) is 13.1 Å². The van der Waals surface area contributed by atoms with Crippen LogP contribution >= 0.6 is 0 Å². The maximum Gasteiger partial charge on any atom is 0.416 e. The van der Waals surface area contributed by atoms with E-state index >= 15 is 0 Å². The largest absolute Gasteiger partial charge is 0.507 e. The van der Waals surface area contributed by atoms with Crippen molar-refractivity contribution in [3.8, 4) is 16.9 Å². The van der Waals surface area contributed by atoms with Gasteiger partial charge >= 0.3 is 6.18 Å². The Balaban J connectivity index is 1.92. The Morgan fingerprint density at radius 1 is 0.923 bits per heavy atom. The third kappa shape index (κ3) is 3.77. The summed E-state index contributed by atoms with van der Waals surface area (Å²) in [6.45, 7) is 1.57. The fourth-order valence-corrected chi connectivity index (χ4v) is 2.63. The quantitative estimate of drug-likeness (QED) is 0.563. The predicted octanol–water partition coefficient (Wildman–Crippen LogP) is 6.14. The molecular formula is C21H16F3NO. The van der Waals surface area contributed by atoms with Crippen molar-refractivity contribution in [2.75, 3.05) is 0 Å². The molecule has 0 unspecified atom stereocenters. The van der Waals surface area contributed by atoms with Gasteiger partial charge in [0.25, 0.3) is 0 Å². The predicted molar refractivity (Wildman–Crippen MR) is 97.0 cm³/mol. The van der Waals surface area contributed by atoms with E-state index in [9.17, 15) is 18.3 Å². The lowest BCUT2D eigenvalue weighted by Crippen LogP contribution is -2.04. The lowest BCUT2D eigenvalue weighted by atomic mass is 10.0. The van der Waals surface area contributed by atoms with Crippen LogP contribution in [0.25, 0.3) is 11.1 Å². The van der Waals surface area contributed by atoms with Crippen LogP contribution in [0.5, 0.6) is 5.75 Å². The lowest BCUT2D eigenvalue weighted by molar-refractivity contribution is -0.137. The van der Waals surface area contributed by atoms with Crippen molar-refractivity contribution in [3.63, 3.8) is 0 Å². The Morgan fingerprint density at radius 3 is 2.31 bits per heavy atom. The van der Waals surface area contributed by atoms with Crippen LogP contribution in [0.3, 0.4) is 0 Å². The van der Waals surface area contributed by atoms with Crippen LogP contribution in [0, 0.1) is 6.92 Å². The molecule has 26 heavy (non-hydrogen) atoms. The van der Waals surface area contributed by atoms with E-state index in [1.165, 1.54) is 12.3 Å². The SMILES string of the molecule is Cc1cc(C(F)(F)F)ccc1/N=C/c1cccc(-c2ccccc2)c1O. The number of alkyl halides is 3. The summed E-state index contributed by atoms with van der Waals surface area (Å²) in [6, 6.07) is 18.1. The molecule has 0 saturated heterocycles. The van der Waals surface area contributed by atoms with Gasteiger partial charge in [-0.1, -0.05) is 42.5 Å². The molecule has 0 radical (unpaired) electrons. The van der Waals surface area contributed by atoms with Gasteiger partial charge in [0.05, 0.1) is 11.3 Å². The molecule has 0 aliphatic rings. The van der Waals surface area contributed by atoms with E-state index in [1.54, 1.807) is 25.1 Å². The van der Waals surface area contributed by atoms with E-state index in [2.05, 4.69) is 4.99 Å². The number of rotatable bonds is 3. The average Bonchev–Trinajstić information content (AvgIpc) is 2.61. The monoisotopic (exact) mass is 355 g/mol. The van der Waals surface area contributed by atoms with Gasteiger partial charge in [0, 0.05) is 17.3 Å². The molecule has 0 heterocycles. The van der Waals surface area contributed by atoms with Crippen molar-refractivity contribution in [1.82, 2.24) is 0 Å². The molecule has 5 heteroatoms. The van der Waals surface area contributed by atoms with Gasteiger partial charge in [-0.05, 0) is 42.3 Å². The van der Waals surface area contributed by atoms with E-state index in [0.717, 1.165) is 17.7 Å². The van der Waals surface area contributed by atoms with Crippen molar-refractivity contribution in [1.29, 1.82) is 0 Å². The van der Waals surface area contributed by atoms with Gasteiger partial charge in [0.15, 0.2) is 0 Å². The highest BCUT2D eigenvalue weighted by molar-refractivity contribution is 5.90. The van der Waals surface area contributed by atoms with Gasteiger partial charge in [-0.25, -0.2) is 0 Å². The minimum Gasteiger partial charge on any atom is -0.507 e. The summed E-state index contributed by atoms with van der Waals surface area (Å²) in [5, 5.41) is 10.5. The summed E-state index contributed by atoms with van der Waals surface area (Å²) in [5.41, 5.74) is 2.15. The first-order chi connectivity index (χ1) is 12.4. The van der Waals surface area contributed by atoms with Crippen LogP contribution < -0.4 is 0 Å². The number of phenolic OH excluding ortho intramolecular Hbond substituents is 1. The fourth-order valence-electron chi connectivity index (χ4n) is 2.63. The molecule has 0 atom stereocenters. The van der Waals surface area contributed by atoms with Crippen molar-refractivity contribution >= 4 is 11.9 Å². The topological polar surface area (TPSA) is 32.6 Å². The summed E-state index contributed by atoms with van der Waals surface area (Å²) in [7, 11) is 0. The highest BCUT2D eigenvalue weighted by Crippen LogP contribution is 2.33. The number of phenols is 1. The number of benzene rings is 3. The van der Waals surface area contributed by atoms with Crippen LogP contribution in [-0.4, -0.2) is 11.3 Å². The minimum absolute atomic E-state index is 0.0759. The van der Waals surface area contributed by atoms with E-state index < -0.39 is 11.7 Å². The van der Waals surface area contributed by atoms with Crippen LogP contribution in [0.4, 0.5) is 18.9 Å². The lowest BCUT2D eigenvalue weighted by Gasteiger charge is -2.09. The van der Waals surface area contributed by atoms with Crippen LogP contribution in [0.15, 0.2) is 71.7 Å². The number of aromatic hydroxyl groups is 1. The zero-order valence-corrected chi connectivity index (χ0v) is 14.0. The van der Waals surface area contributed by atoms with E-state index in [4.69, 9.17) is 0 Å². The molecule has 3 aromatic carbocycles. The number of halogens is 3. The molecule has 0 spiro atoms. The molecule has 1 N–H and O–H groups in total. The van der Waals surface area contributed by atoms with E-state index in [0.29, 0.717) is 22.4 Å². The molecule has 0 fully saturated rings. The first kappa shape index (κ1) is 17.7. The van der Waals surface area contributed by atoms with Gasteiger partial charge in [-0.15, -0.1) is 0 Å². The molecule has 3 rings (SSSR count). The van der Waals surface area contributed by atoms with Crippen LogP contribution in [0.1, 0.15) is 16.7 Å². The molecular weight excluding hydrogens is 339 g/mol. The highest BCUT2D eigenvalue weighted by Gasteiger charge is 2.30. The Morgan fingerprint density at radius 2 is 1.65 bits per heavy atom. The number of para-hydroxylation sites is 1.